The first-order valence-corrected chi connectivity index (χ1v) is 6.07. The molecule has 0 radical (unpaired) electrons. The molecular weight excluding hydrogens is 242 g/mol. The number of benzene rings is 1. The van der Waals surface area contributed by atoms with Crippen LogP contribution in [-0.2, 0) is 0 Å². The Hall–Kier alpha value is -1.29. The van der Waals surface area contributed by atoms with E-state index in [0.717, 1.165) is 12.8 Å². The van der Waals surface area contributed by atoms with Gasteiger partial charge in [0.2, 0.25) is 0 Å². The van der Waals surface area contributed by atoms with Crippen LogP contribution in [0.5, 0.6) is 5.75 Å². The van der Waals surface area contributed by atoms with E-state index in [1.807, 2.05) is 0 Å². The summed E-state index contributed by atoms with van der Waals surface area (Å²) < 4.78 is 5.77. The number of aryl methyl sites for hydroxylation is 1. The Kier molecular flexibility index (Phi) is 3.52. The fraction of sp³-hybridized carbons (Fsp3) is 0.500. The molecule has 0 heterocycles. The van der Waals surface area contributed by atoms with Crippen LogP contribution in [0.4, 0.5) is 5.69 Å². The Balaban J connectivity index is 2.23. The van der Waals surface area contributed by atoms with Crippen LogP contribution in [-0.4, -0.2) is 11.0 Å². The van der Waals surface area contributed by atoms with Gasteiger partial charge in [0.05, 0.1) is 16.0 Å². The second kappa shape index (κ2) is 4.92. The lowest BCUT2D eigenvalue weighted by atomic mass is 10.2. The molecule has 0 bridgehead atoms. The summed E-state index contributed by atoms with van der Waals surface area (Å²) in [6.07, 6.45) is 4.62. The fourth-order valence-corrected chi connectivity index (χ4v) is 2.32. The highest BCUT2D eigenvalue weighted by Gasteiger charge is 2.20. The number of rotatable bonds is 3. The van der Waals surface area contributed by atoms with Crippen LogP contribution in [0.15, 0.2) is 12.1 Å². The van der Waals surface area contributed by atoms with Crippen molar-refractivity contribution in [3.05, 3.63) is 32.8 Å². The van der Waals surface area contributed by atoms with Gasteiger partial charge in [0.25, 0.3) is 5.69 Å². The van der Waals surface area contributed by atoms with Crippen LogP contribution >= 0.6 is 11.6 Å². The zero-order valence-electron chi connectivity index (χ0n) is 9.61. The Morgan fingerprint density at radius 1 is 1.41 bits per heavy atom. The van der Waals surface area contributed by atoms with Crippen LogP contribution in [0.25, 0.3) is 0 Å². The zero-order chi connectivity index (χ0) is 12.4. The number of nitrogens with zero attached hydrogens (tertiary/aromatic N) is 1. The molecule has 0 spiro atoms. The minimum absolute atomic E-state index is 0.0359. The van der Waals surface area contributed by atoms with Gasteiger partial charge in [-0.1, -0.05) is 11.6 Å². The lowest BCUT2D eigenvalue weighted by Gasteiger charge is -2.14. The van der Waals surface area contributed by atoms with Crippen molar-refractivity contribution in [2.75, 3.05) is 0 Å². The van der Waals surface area contributed by atoms with Gasteiger partial charge in [0, 0.05) is 11.6 Å². The Morgan fingerprint density at radius 3 is 2.65 bits per heavy atom. The lowest BCUT2D eigenvalue weighted by molar-refractivity contribution is -0.385. The number of hydrogen-bond acceptors (Lipinski definition) is 3. The summed E-state index contributed by atoms with van der Waals surface area (Å²) in [5.74, 6) is 0.557. The van der Waals surface area contributed by atoms with Crippen LogP contribution in [0, 0.1) is 17.0 Å². The van der Waals surface area contributed by atoms with E-state index in [-0.39, 0.29) is 11.8 Å². The van der Waals surface area contributed by atoms with E-state index in [0.29, 0.717) is 16.3 Å². The van der Waals surface area contributed by atoms with E-state index in [2.05, 4.69) is 0 Å². The predicted molar refractivity (Wildman–Crippen MR) is 65.7 cm³/mol. The third-order valence-corrected chi connectivity index (χ3v) is 3.34. The zero-order valence-corrected chi connectivity index (χ0v) is 10.4. The van der Waals surface area contributed by atoms with Gasteiger partial charge in [-0.3, -0.25) is 10.1 Å². The molecule has 0 saturated heterocycles. The molecule has 0 atom stereocenters. The van der Waals surface area contributed by atoms with Crippen molar-refractivity contribution in [1.82, 2.24) is 0 Å². The molecule has 0 aromatic heterocycles. The van der Waals surface area contributed by atoms with Crippen molar-refractivity contribution < 1.29 is 9.66 Å². The second-order valence-electron chi connectivity index (χ2n) is 4.35. The van der Waals surface area contributed by atoms with Gasteiger partial charge in [-0.05, 0) is 38.7 Å². The number of nitro benzene ring substituents is 1. The molecule has 92 valence electrons. The van der Waals surface area contributed by atoms with Crippen LogP contribution < -0.4 is 4.74 Å². The Morgan fingerprint density at radius 2 is 2.06 bits per heavy atom. The molecule has 0 amide bonds. The first-order chi connectivity index (χ1) is 8.08. The molecule has 1 aromatic rings. The number of halogens is 1. The van der Waals surface area contributed by atoms with E-state index >= 15 is 0 Å². The van der Waals surface area contributed by atoms with Gasteiger partial charge in [-0.2, -0.15) is 0 Å². The van der Waals surface area contributed by atoms with Crippen molar-refractivity contribution in [3.63, 3.8) is 0 Å². The second-order valence-corrected chi connectivity index (χ2v) is 4.76. The topological polar surface area (TPSA) is 52.4 Å². The minimum atomic E-state index is -0.430. The van der Waals surface area contributed by atoms with Crippen molar-refractivity contribution in [2.45, 2.75) is 38.7 Å². The molecule has 1 aliphatic carbocycles. The Labute approximate surface area is 105 Å². The van der Waals surface area contributed by atoms with Crippen molar-refractivity contribution in [2.24, 2.45) is 0 Å². The summed E-state index contributed by atoms with van der Waals surface area (Å²) in [6.45, 7) is 1.69. The van der Waals surface area contributed by atoms with E-state index in [1.54, 1.807) is 13.0 Å². The van der Waals surface area contributed by atoms with Gasteiger partial charge >= 0.3 is 0 Å². The SMILES string of the molecule is Cc1cc(OC2CCCC2)c(Cl)cc1[N+](=O)[O-]. The molecule has 0 N–H and O–H groups in total. The van der Waals surface area contributed by atoms with E-state index in [4.69, 9.17) is 16.3 Å². The number of ether oxygens (including phenoxy) is 1. The van der Waals surface area contributed by atoms with Crippen LogP contribution in [0.3, 0.4) is 0 Å². The molecule has 4 nitrogen and oxygen atoms in total. The van der Waals surface area contributed by atoms with E-state index in [1.165, 1.54) is 18.9 Å². The first kappa shape index (κ1) is 12.2. The largest absolute Gasteiger partial charge is 0.489 e. The number of hydrogen-bond donors (Lipinski definition) is 0. The average molecular weight is 256 g/mol. The first-order valence-electron chi connectivity index (χ1n) is 5.69. The van der Waals surface area contributed by atoms with Crippen molar-refractivity contribution in [3.8, 4) is 5.75 Å². The molecule has 1 saturated carbocycles. The van der Waals surface area contributed by atoms with Crippen molar-refractivity contribution >= 4 is 17.3 Å². The van der Waals surface area contributed by atoms with Gasteiger partial charge in [-0.25, -0.2) is 0 Å². The predicted octanol–water partition coefficient (Wildman–Crippen LogP) is 3.88. The van der Waals surface area contributed by atoms with Gasteiger partial charge in [0.15, 0.2) is 0 Å². The van der Waals surface area contributed by atoms with Gasteiger partial charge < -0.3 is 4.74 Å². The summed E-state index contributed by atoms with van der Waals surface area (Å²) in [5.41, 5.74) is 0.612. The molecule has 0 aliphatic heterocycles. The Bertz CT molecular complexity index is 442. The molecule has 1 aromatic carbocycles. The highest BCUT2D eigenvalue weighted by molar-refractivity contribution is 6.32. The average Bonchev–Trinajstić information content (AvgIpc) is 2.75. The maximum Gasteiger partial charge on any atom is 0.274 e. The quantitative estimate of drug-likeness (QED) is 0.608. The monoisotopic (exact) mass is 255 g/mol. The highest BCUT2D eigenvalue weighted by Crippen LogP contribution is 2.34. The van der Waals surface area contributed by atoms with Gasteiger partial charge in [0.1, 0.15) is 5.75 Å². The third-order valence-electron chi connectivity index (χ3n) is 3.04. The fourth-order valence-electron chi connectivity index (χ4n) is 2.12. The number of nitro groups is 1. The third kappa shape index (κ3) is 2.69. The molecular formula is C12H14ClNO3. The normalized spacial score (nSPS) is 16.1. The summed E-state index contributed by atoms with van der Waals surface area (Å²) >= 11 is 5.99. The van der Waals surface area contributed by atoms with E-state index < -0.39 is 4.92 Å². The molecule has 0 unspecified atom stereocenters. The lowest BCUT2D eigenvalue weighted by Crippen LogP contribution is -2.11. The molecule has 1 aliphatic rings. The minimum Gasteiger partial charge on any atom is -0.489 e. The van der Waals surface area contributed by atoms with Crippen molar-refractivity contribution in [1.29, 1.82) is 0 Å². The maximum atomic E-state index is 10.7. The maximum absolute atomic E-state index is 10.7. The standard InChI is InChI=1S/C12H14ClNO3/c1-8-6-12(17-9-4-2-3-5-9)10(13)7-11(8)14(15)16/h6-7,9H,2-5H2,1H3. The molecule has 1 fully saturated rings. The highest BCUT2D eigenvalue weighted by atomic mass is 35.5. The summed E-state index contributed by atoms with van der Waals surface area (Å²) in [4.78, 5) is 10.3. The molecule has 5 heteroatoms. The summed E-state index contributed by atoms with van der Waals surface area (Å²) in [7, 11) is 0. The summed E-state index contributed by atoms with van der Waals surface area (Å²) in [5, 5.41) is 11.1. The molecule has 17 heavy (non-hydrogen) atoms. The van der Waals surface area contributed by atoms with E-state index in [9.17, 15) is 10.1 Å². The van der Waals surface area contributed by atoms with Crippen LogP contribution in [0.1, 0.15) is 31.2 Å². The summed E-state index contributed by atoms with van der Waals surface area (Å²) in [6, 6.07) is 3.01. The van der Waals surface area contributed by atoms with Crippen LogP contribution in [0.2, 0.25) is 5.02 Å². The smallest absolute Gasteiger partial charge is 0.274 e. The van der Waals surface area contributed by atoms with Gasteiger partial charge in [-0.15, -0.1) is 0 Å². The molecule has 2 rings (SSSR count).